The van der Waals surface area contributed by atoms with E-state index in [0.717, 1.165) is 47.1 Å². The standard InChI is InChI=1S/C19H19BrN6O2/c1-10-6-7-11(20)8-14(10)23-17(27)15-16(22-9-21-15)18(28)26-19-24-12-4-2-3-5-13(12)25-19/h6-9H,2-5H2,1H3,(H,21,22)(H,23,27)(H2,24,25,26,28). The molecule has 4 rings (SSSR count). The van der Waals surface area contributed by atoms with Gasteiger partial charge in [0, 0.05) is 15.9 Å². The average Bonchev–Trinajstić information content (AvgIpc) is 3.31. The Hall–Kier alpha value is -2.94. The van der Waals surface area contributed by atoms with Gasteiger partial charge in [-0.3, -0.25) is 14.9 Å². The first-order valence-corrected chi connectivity index (χ1v) is 9.80. The van der Waals surface area contributed by atoms with Crippen molar-refractivity contribution in [3.63, 3.8) is 0 Å². The Bertz CT molecular complexity index is 1030. The number of fused-ring (bicyclic) bond motifs is 1. The number of amides is 2. The van der Waals surface area contributed by atoms with E-state index in [0.29, 0.717) is 11.6 Å². The quantitative estimate of drug-likeness (QED) is 0.493. The van der Waals surface area contributed by atoms with E-state index >= 15 is 0 Å². The third-order valence-corrected chi connectivity index (χ3v) is 5.21. The second-order valence-corrected chi connectivity index (χ2v) is 7.63. The summed E-state index contributed by atoms with van der Waals surface area (Å²) in [5.74, 6) is -0.549. The number of hydrogen-bond donors (Lipinski definition) is 4. The van der Waals surface area contributed by atoms with Gasteiger partial charge in [-0.25, -0.2) is 9.97 Å². The minimum Gasteiger partial charge on any atom is -0.340 e. The van der Waals surface area contributed by atoms with Crippen LogP contribution in [0.3, 0.4) is 0 Å². The molecule has 0 fully saturated rings. The molecule has 0 atom stereocenters. The van der Waals surface area contributed by atoms with Crippen molar-refractivity contribution >= 4 is 39.4 Å². The van der Waals surface area contributed by atoms with Crippen LogP contribution in [0.25, 0.3) is 0 Å². The van der Waals surface area contributed by atoms with E-state index in [1.54, 1.807) is 6.07 Å². The lowest BCUT2D eigenvalue weighted by Crippen LogP contribution is -2.21. The van der Waals surface area contributed by atoms with Crippen LogP contribution in [0, 0.1) is 6.92 Å². The van der Waals surface area contributed by atoms with Crippen molar-refractivity contribution in [2.45, 2.75) is 32.6 Å². The highest BCUT2D eigenvalue weighted by molar-refractivity contribution is 9.10. The zero-order valence-electron chi connectivity index (χ0n) is 15.2. The Balaban J connectivity index is 1.51. The molecule has 0 spiro atoms. The van der Waals surface area contributed by atoms with Crippen LogP contribution in [-0.4, -0.2) is 31.8 Å². The topological polar surface area (TPSA) is 116 Å². The van der Waals surface area contributed by atoms with Crippen LogP contribution < -0.4 is 10.6 Å². The van der Waals surface area contributed by atoms with Crippen LogP contribution in [-0.2, 0) is 12.8 Å². The predicted octanol–water partition coefficient (Wildman–Crippen LogP) is 3.59. The van der Waals surface area contributed by atoms with Crippen molar-refractivity contribution in [1.82, 2.24) is 19.9 Å². The molecule has 4 N–H and O–H groups in total. The Morgan fingerprint density at radius 1 is 1.14 bits per heavy atom. The van der Waals surface area contributed by atoms with Gasteiger partial charge >= 0.3 is 0 Å². The number of H-pyrrole nitrogens is 2. The Labute approximate surface area is 169 Å². The summed E-state index contributed by atoms with van der Waals surface area (Å²) in [6, 6.07) is 5.57. The Morgan fingerprint density at radius 2 is 1.96 bits per heavy atom. The number of carbonyl (C=O) groups excluding carboxylic acids is 2. The molecule has 2 heterocycles. The SMILES string of the molecule is Cc1ccc(Br)cc1NC(=O)c1nc[nH]c1C(=O)Nc1nc2c([nH]1)CCCC2. The number of anilines is 2. The molecule has 9 heteroatoms. The van der Waals surface area contributed by atoms with Gasteiger partial charge in [0.15, 0.2) is 5.69 Å². The third-order valence-electron chi connectivity index (χ3n) is 4.72. The van der Waals surface area contributed by atoms with Crippen LogP contribution in [0.15, 0.2) is 29.0 Å². The highest BCUT2D eigenvalue weighted by Crippen LogP contribution is 2.22. The molecule has 2 amide bonds. The van der Waals surface area contributed by atoms with Gasteiger partial charge in [-0.2, -0.15) is 0 Å². The molecule has 3 aromatic rings. The molecule has 8 nitrogen and oxygen atoms in total. The lowest BCUT2D eigenvalue weighted by atomic mass is 10.0. The van der Waals surface area contributed by atoms with Gasteiger partial charge in [-0.15, -0.1) is 0 Å². The number of halogens is 1. The maximum absolute atomic E-state index is 12.7. The lowest BCUT2D eigenvalue weighted by molar-refractivity contribution is 0.0985. The van der Waals surface area contributed by atoms with Gasteiger partial charge in [0.25, 0.3) is 11.8 Å². The molecule has 0 radical (unpaired) electrons. The molecular formula is C19H19BrN6O2. The van der Waals surface area contributed by atoms with Crippen LogP contribution in [0.2, 0.25) is 0 Å². The zero-order chi connectivity index (χ0) is 19.7. The molecule has 0 unspecified atom stereocenters. The first-order chi connectivity index (χ1) is 13.5. The van der Waals surface area contributed by atoms with E-state index in [2.05, 4.69) is 46.5 Å². The number of aromatic nitrogens is 4. The normalized spacial score (nSPS) is 13.1. The summed E-state index contributed by atoms with van der Waals surface area (Å²) in [7, 11) is 0. The number of benzene rings is 1. The van der Waals surface area contributed by atoms with Crippen LogP contribution in [0.1, 0.15) is 50.8 Å². The van der Waals surface area contributed by atoms with Crippen LogP contribution in [0.5, 0.6) is 0 Å². The highest BCUT2D eigenvalue weighted by atomic mass is 79.9. The molecule has 0 saturated heterocycles. The number of carbonyl (C=O) groups is 2. The number of nitrogens with zero attached hydrogens (tertiary/aromatic N) is 2. The fourth-order valence-electron chi connectivity index (χ4n) is 3.23. The van der Waals surface area contributed by atoms with Crippen molar-refractivity contribution in [3.8, 4) is 0 Å². The summed E-state index contributed by atoms with van der Waals surface area (Å²) >= 11 is 3.39. The molecule has 0 bridgehead atoms. The number of nitrogens with one attached hydrogen (secondary N) is 4. The van der Waals surface area contributed by atoms with Crippen molar-refractivity contribution in [2.24, 2.45) is 0 Å². The van der Waals surface area contributed by atoms with E-state index < -0.39 is 11.8 Å². The summed E-state index contributed by atoms with van der Waals surface area (Å²) in [5.41, 5.74) is 3.71. The molecule has 0 aliphatic heterocycles. The van der Waals surface area contributed by atoms with Crippen molar-refractivity contribution in [3.05, 3.63) is 57.3 Å². The number of aromatic amines is 2. The minimum atomic E-state index is -0.472. The summed E-state index contributed by atoms with van der Waals surface area (Å²) in [6.07, 6.45) is 5.38. The molecule has 1 aliphatic rings. The molecular weight excluding hydrogens is 424 g/mol. The van der Waals surface area contributed by atoms with Crippen LogP contribution >= 0.6 is 15.9 Å². The first kappa shape index (κ1) is 18.4. The summed E-state index contributed by atoms with van der Waals surface area (Å²) in [4.78, 5) is 39.7. The second kappa shape index (κ2) is 7.59. The van der Waals surface area contributed by atoms with E-state index in [1.165, 1.54) is 6.33 Å². The molecule has 144 valence electrons. The monoisotopic (exact) mass is 442 g/mol. The van der Waals surface area contributed by atoms with Gasteiger partial charge in [0.2, 0.25) is 5.95 Å². The third kappa shape index (κ3) is 3.70. The van der Waals surface area contributed by atoms with Gasteiger partial charge in [0.1, 0.15) is 5.69 Å². The van der Waals surface area contributed by atoms with Crippen molar-refractivity contribution in [2.75, 3.05) is 10.6 Å². The van der Waals surface area contributed by atoms with Crippen LogP contribution in [0.4, 0.5) is 11.6 Å². The minimum absolute atomic E-state index is 0.0215. The Kier molecular flexibility index (Phi) is 4.99. The zero-order valence-corrected chi connectivity index (χ0v) is 16.8. The van der Waals surface area contributed by atoms with Gasteiger partial charge < -0.3 is 15.3 Å². The van der Waals surface area contributed by atoms with E-state index in [-0.39, 0.29) is 11.4 Å². The number of imidazole rings is 2. The van der Waals surface area contributed by atoms with Gasteiger partial charge in [-0.05, 0) is 50.3 Å². The highest BCUT2D eigenvalue weighted by Gasteiger charge is 2.23. The summed E-state index contributed by atoms with van der Waals surface area (Å²) < 4.78 is 0.843. The Morgan fingerprint density at radius 3 is 2.79 bits per heavy atom. The van der Waals surface area contributed by atoms with Gasteiger partial charge in [-0.1, -0.05) is 22.0 Å². The number of hydrogen-bond acceptors (Lipinski definition) is 4. The lowest BCUT2D eigenvalue weighted by Gasteiger charge is -2.08. The average molecular weight is 443 g/mol. The van der Waals surface area contributed by atoms with E-state index in [4.69, 9.17) is 0 Å². The largest absolute Gasteiger partial charge is 0.340 e. The van der Waals surface area contributed by atoms with E-state index in [9.17, 15) is 9.59 Å². The van der Waals surface area contributed by atoms with Crippen molar-refractivity contribution in [1.29, 1.82) is 0 Å². The smallest absolute Gasteiger partial charge is 0.276 e. The summed E-state index contributed by atoms with van der Waals surface area (Å²) in [5, 5.41) is 5.51. The number of aryl methyl sites for hydroxylation is 3. The maximum Gasteiger partial charge on any atom is 0.276 e. The summed E-state index contributed by atoms with van der Waals surface area (Å²) in [6.45, 7) is 1.89. The predicted molar refractivity (Wildman–Crippen MR) is 109 cm³/mol. The molecule has 1 aliphatic carbocycles. The molecule has 28 heavy (non-hydrogen) atoms. The number of rotatable bonds is 4. The van der Waals surface area contributed by atoms with Gasteiger partial charge in [0.05, 0.1) is 12.0 Å². The second-order valence-electron chi connectivity index (χ2n) is 6.71. The first-order valence-electron chi connectivity index (χ1n) is 9.01. The molecule has 1 aromatic carbocycles. The molecule has 0 saturated carbocycles. The fraction of sp³-hybridized carbons (Fsp3) is 0.263. The van der Waals surface area contributed by atoms with E-state index in [1.807, 2.05) is 19.1 Å². The fourth-order valence-corrected chi connectivity index (χ4v) is 3.59. The molecule has 2 aromatic heterocycles. The van der Waals surface area contributed by atoms with Crippen molar-refractivity contribution < 1.29 is 9.59 Å². The maximum atomic E-state index is 12.7.